The molecule has 1 heterocycles. The Bertz CT molecular complexity index is 589. The molecule has 2 aromatic rings. The van der Waals surface area contributed by atoms with Crippen LogP contribution >= 0.6 is 0 Å². The highest BCUT2D eigenvalue weighted by Crippen LogP contribution is 2.25. The van der Waals surface area contributed by atoms with Crippen LogP contribution in [0.3, 0.4) is 0 Å². The van der Waals surface area contributed by atoms with Crippen molar-refractivity contribution < 1.29 is 14.6 Å². The average molecular weight is 248 g/mol. The number of nitrogens with two attached hydrogens (primary N) is 1. The van der Waals surface area contributed by atoms with Crippen molar-refractivity contribution in [3.8, 4) is 5.75 Å². The molecule has 1 atom stereocenters. The van der Waals surface area contributed by atoms with Crippen molar-refractivity contribution >= 4 is 16.9 Å². The SMILES string of the molecule is COc1ccc2c(CC(N)C(=O)O)cn(C)c2c1. The predicted molar refractivity (Wildman–Crippen MR) is 68.8 cm³/mol. The molecule has 96 valence electrons. The van der Waals surface area contributed by atoms with E-state index in [4.69, 9.17) is 15.6 Å². The first-order chi connectivity index (χ1) is 8.52. The number of nitrogens with zero attached hydrogens (tertiary/aromatic N) is 1. The summed E-state index contributed by atoms with van der Waals surface area (Å²) in [5, 5.41) is 9.86. The van der Waals surface area contributed by atoms with Gasteiger partial charge in [0.25, 0.3) is 0 Å². The molecule has 0 radical (unpaired) electrons. The Morgan fingerprint density at radius 1 is 1.56 bits per heavy atom. The number of carboxylic acids is 1. The third kappa shape index (κ3) is 2.17. The summed E-state index contributed by atoms with van der Waals surface area (Å²) < 4.78 is 7.12. The van der Waals surface area contributed by atoms with Crippen molar-refractivity contribution in [2.75, 3.05) is 7.11 Å². The molecule has 1 aromatic heterocycles. The molecular weight excluding hydrogens is 232 g/mol. The Balaban J connectivity index is 2.44. The standard InChI is InChI=1S/C13H16N2O3/c1-15-7-8(5-11(14)13(16)17)10-4-3-9(18-2)6-12(10)15/h3-4,6-7,11H,5,14H2,1-2H3,(H,16,17). The van der Waals surface area contributed by atoms with Gasteiger partial charge in [-0.1, -0.05) is 0 Å². The fraction of sp³-hybridized carbons (Fsp3) is 0.308. The molecule has 18 heavy (non-hydrogen) atoms. The second-order valence-corrected chi connectivity index (χ2v) is 4.30. The second kappa shape index (κ2) is 4.70. The van der Waals surface area contributed by atoms with Gasteiger partial charge < -0.3 is 20.1 Å². The first-order valence-electron chi connectivity index (χ1n) is 5.63. The zero-order valence-electron chi connectivity index (χ0n) is 10.4. The summed E-state index contributed by atoms with van der Waals surface area (Å²) in [4.78, 5) is 10.8. The van der Waals surface area contributed by atoms with Crippen molar-refractivity contribution in [1.29, 1.82) is 0 Å². The monoisotopic (exact) mass is 248 g/mol. The molecule has 5 heteroatoms. The van der Waals surface area contributed by atoms with Gasteiger partial charge in [0.05, 0.1) is 12.6 Å². The number of fused-ring (bicyclic) bond motifs is 1. The van der Waals surface area contributed by atoms with Crippen molar-refractivity contribution in [3.05, 3.63) is 30.0 Å². The zero-order chi connectivity index (χ0) is 13.3. The van der Waals surface area contributed by atoms with E-state index in [1.807, 2.05) is 36.0 Å². The third-order valence-corrected chi connectivity index (χ3v) is 3.04. The van der Waals surface area contributed by atoms with Gasteiger partial charge in [-0.2, -0.15) is 0 Å². The minimum absolute atomic E-state index is 0.318. The van der Waals surface area contributed by atoms with Crippen LogP contribution in [-0.2, 0) is 18.3 Å². The lowest BCUT2D eigenvalue weighted by Gasteiger charge is -2.05. The van der Waals surface area contributed by atoms with Gasteiger partial charge in [0, 0.05) is 31.1 Å². The Kier molecular flexibility index (Phi) is 3.25. The number of hydrogen-bond acceptors (Lipinski definition) is 3. The summed E-state index contributed by atoms with van der Waals surface area (Å²) in [6.45, 7) is 0. The fourth-order valence-corrected chi connectivity index (χ4v) is 2.06. The highest BCUT2D eigenvalue weighted by Gasteiger charge is 2.16. The number of aliphatic carboxylic acids is 1. The molecule has 2 rings (SSSR count). The topological polar surface area (TPSA) is 77.5 Å². The maximum atomic E-state index is 10.8. The summed E-state index contributed by atoms with van der Waals surface area (Å²) in [5.41, 5.74) is 7.51. The summed E-state index contributed by atoms with van der Waals surface area (Å²) in [6, 6.07) is 4.83. The molecule has 0 aliphatic heterocycles. The quantitative estimate of drug-likeness (QED) is 0.850. The van der Waals surface area contributed by atoms with Crippen molar-refractivity contribution in [2.24, 2.45) is 12.8 Å². The van der Waals surface area contributed by atoms with E-state index in [0.717, 1.165) is 22.2 Å². The molecule has 0 fully saturated rings. The minimum atomic E-state index is -0.986. The van der Waals surface area contributed by atoms with Crippen molar-refractivity contribution in [2.45, 2.75) is 12.5 Å². The van der Waals surface area contributed by atoms with Crippen LogP contribution in [0.15, 0.2) is 24.4 Å². The third-order valence-electron chi connectivity index (χ3n) is 3.04. The number of hydrogen-bond donors (Lipinski definition) is 2. The highest BCUT2D eigenvalue weighted by atomic mass is 16.5. The van der Waals surface area contributed by atoms with Gasteiger partial charge >= 0.3 is 5.97 Å². The highest BCUT2D eigenvalue weighted by molar-refractivity contribution is 5.86. The Morgan fingerprint density at radius 2 is 2.28 bits per heavy atom. The van der Waals surface area contributed by atoms with Crippen molar-refractivity contribution in [1.82, 2.24) is 4.57 Å². The lowest BCUT2D eigenvalue weighted by Crippen LogP contribution is -2.32. The van der Waals surface area contributed by atoms with Gasteiger partial charge in [-0.25, -0.2) is 0 Å². The van der Waals surface area contributed by atoms with Crippen LogP contribution in [0.25, 0.3) is 10.9 Å². The van der Waals surface area contributed by atoms with Crippen LogP contribution in [0.5, 0.6) is 5.75 Å². The first-order valence-corrected chi connectivity index (χ1v) is 5.63. The zero-order valence-corrected chi connectivity index (χ0v) is 10.4. The van der Waals surface area contributed by atoms with E-state index in [1.165, 1.54) is 0 Å². The van der Waals surface area contributed by atoms with Gasteiger partial charge in [0.15, 0.2) is 0 Å². The second-order valence-electron chi connectivity index (χ2n) is 4.30. The van der Waals surface area contributed by atoms with Gasteiger partial charge in [-0.3, -0.25) is 4.79 Å². The molecule has 5 nitrogen and oxygen atoms in total. The number of methoxy groups -OCH3 is 1. The van der Waals surface area contributed by atoms with Crippen LogP contribution in [-0.4, -0.2) is 28.8 Å². The Hall–Kier alpha value is -2.01. The van der Waals surface area contributed by atoms with Gasteiger partial charge in [-0.15, -0.1) is 0 Å². The molecule has 0 bridgehead atoms. The van der Waals surface area contributed by atoms with Gasteiger partial charge in [0.2, 0.25) is 0 Å². The number of carboxylic acid groups (broad SMARTS) is 1. The van der Waals surface area contributed by atoms with E-state index in [-0.39, 0.29) is 0 Å². The van der Waals surface area contributed by atoms with Crippen LogP contribution in [0.4, 0.5) is 0 Å². The number of aryl methyl sites for hydroxylation is 1. The van der Waals surface area contributed by atoms with E-state index in [1.54, 1.807) is 7.11 Å². The predicted octanol–water partition coefficient (Wildman–Crippen LogP) is 1.14. The lowest BCUT2D eigenvalue weighted by atomic mass is 10.1. The van der Waals surface area contributed by atoms with E-state index in [9.17, 15) is 4.79 Å². The molecule has 1 aromatic carbocycles. The van der Waals surface area contributed by atoms with E-state index < -0.39 is 12.0 Å². The molecule has 3 N–H and O–H groups in total. The molecule has 0 amide bonds. The average Bonchev–Trinajstić information content (AvgIpc) is 2.65. The minimum Gasteiger partial charge on any atom is -0.497 e. The summed E-state index contributed by atoms with van der Waals surface area (Å²) in [6.07, 6.45) is 2.23. The maximum Gasteiger partial charge on any atom is 0.320 e. The summed E-state index contributed by atoms with van der Waals surface area (Å²) in [5.74, 6) is -0.210. The maximum absolute atomic E-state index is 10.8. The number of carbonyl (C=O) groups is 1. The smallest absolute Gasteiger partial charge is 0.320 e. The fourth-order valence-electron chi connectivity index (χ4n) is 2.06. The lowest BCUT2D eigenvalue weighted by molar-refractivity contribution is -0.138. The number of benzene rings is 1. The van der Waals surface area contributed by atoms with Crippen LogP contribution in [0, 0.1) is 0 Å². The molecule has 0 aliphatic rings. The first kappa shape index (κ1) is 12.4. The van der Waals surface area contributed by atoms with Crippen molar-refractivity contribution in [3.63, 3.8) is 0 Å². The molecule has 0 spiro atoms. The molecule has 0 saturated heterocycles. The Morgan fingerprint density at radius 3 is 2.89 bits per heavy atom. The van der Waals surface area contributed by atoms with Gasteiger partial charge in [-0.05, 0) is 17.7 Å². The largest absolute Gasteiger partial charge is 0.497 e. The molecular formula is C13H16N2O3. The Labute approximate surface area is 105 Å². The summed E-state index contributed by atoms with van der Waals surface area (Å²) >= 11 is 0. The molecule has 0 saturated carbocycles. The number of aromatic nitrogens is 1. The van der Waals surface area contributed by atoms with Crippen LogP contribution in [0.1, 0.15) is 5.56 Å². The summed E-state index contributed by atoms with van der Waals surface area (Å²) in [7, 11) is 3.53. The van der Waals surface area contributed by atoms with E-state index in [2.05, 4.69) is 0 Å². The van der Waals surface area contributed by atoms with E-state index in [0.29, 0.717) is 6.42 Å². The van der Waals surface area contributed by atoms with Crippen LogP contribution < -0.4 is 10.5 Å². The normalized spacial score (nSPS) is 12.6. The molecule has 0 aliphatic carbocycles. The van der Waals surface area contributed by atoms with Crippen LogP contribution in [0.2, 0.25) is 0 Å². The van der Waals surface area contributed by atoms with E-state index >= 15 is 0 Å². The molecule has 1 unspecified atom stereocenters. The van der Waals surface area contributed by atoms with Gasteiger partial charge in [0.1, 0.15) is 11.8 Å². The number of rotatable bonds is 4. The number of ether oxygens (including phenoxy) is 1.